The van der Waals surface area contributed by atoms with Gasteiger partial charge in [-0.1, -0.05) is 6.92 Å². The Labute approximate surface area is 110 Å². The van der Waals surface area contributed by atoms with E-state index in [2.05, 4.69) is 5.43 Å². The van der Waals surface area contributed by atoms with Crippen LogP contribution in [0.2, 0.25) is 0 Å². The number of hydrogen-bond donors (Lipinski definition) is 3. The van der Waals surface area contributed by atoms with Crippen molar-refractivity contribution < 1.29 is 9.72 Å². The number of nitrogens with zero attached hydrogens (tertiary/aromatic N) is 2. The molecule has 19 heavy (non-hydrogen) atoms. The van der Waals surface area contributed by atoms with Crippen LogP contribution in [0.25, 0.3) is 0 Å². The first kappa shape index (κ1) is 14.9. The maximum atomic E-state index is 10.9. The molecule has 0 aromatic heterocycles. The van der Waals surface area contributed by atoms with Crippen LogP contribution in [0.15, 0.2) is 18.2 Å². The molecule has 1 aromatic rings. The van der Waals surface area contributed by atoms with Crippen LogP contribution in [0.3, 0.4) is 0 Å². The summed E-state index contributed by atoms with van der Waals surface area (Å²) in [7, 11) is 0. The van der Waals surface area contributed by atoms with Crippen LogP contribution in [-0.4, -0.2) is 28.8 Å². The number of non-ortho nitro benzene ring substituents is 1. The quantitative estimate of drug-likeness (QED) is 0.367. The maximum absolute atomic E-state index is 10.9. The number of nitro groups is 1. The number of carbonyl (C=O) groups is 1. The normalized spacial score (nSPS) is 10.5. The lowest BCUT2D eigenvalue weighted by atomic mass is 10.1. The molecule has 0 radical (unpaired) electrons. The van der Waals surface area contributed by atoms with Crippen molar-refractivity contribution >= 4 is 17.3 Å². The second kappa shape index (κ2) is 6.66. The van der Waals surface area contributed by atoms with Gasteiger partial charge in [0.25, 0.3) is 5.69 Å². The molecule has 0 saturated carbocycles. The molecule has 104 valence electrons. The van der Waals surface area contributed by atoms with Crippen molar-refractivity contribution in [3.8, 4) is 0 Å². The Hall–Kier alpha value is -2.19. The number of likely N-dealkylation sites (N-methyl/N-ethyl adjacent to an activating group) is 1. The van der Waals surface area contributed by atoms with Crippen LogP contribution in [0.4, 0.5) is 11.4 Å². The van der Waals surface area contributed by atoms with E-state index in [1.54, 1.807) is 4.90 Å². The third-order valence-corrected chi connectivity index (χ3v) is 2.68. The third-order valence-electron chi connectivity index (χ3n) is 2.68. The Bertz CT molecular complexity index is 477. The number of nitrogen functional groups attached to an aromatic ring is 1. The molecule has 0 heterocycles. The van der Waals surface area contributed by atoms with Gasteiger partial charge < -0.3 is 11.2 Å². The van der Waals surface area contributed by atoms with Crippen LogP contribution >= 0.6 is 0 Å². The summed E-state index contributed by atoms with van der Waals surface area (Å²) in [6.45, 7) is 2.90. The summed E-state index contributed by atoms with van der Waals surface area (Å²) >= 11 is 0. The average molecular weight is 267 g/mol. The van der Waals surface area contributed by atoms with E-state index in [1.807, 2.05) is 6.92 Å². The molecule has 5 N–H and O–H groups in total. The first-order valence-corrected chi connectivity index (χ1v) is 5.72. The first-order valence-electron chi connectivity index (χ1n) is 5.72. The summed E-state index contributed by atoms with van der Waals surface area (Å²) in [4.78, 5) is 23.0. The number of carbonyl (C=O) groups excluding carboxylic acids is 1. The molecule has 0 aliphatic carbocycles. The number of nitrogens with two attached hydrogens (primary N) is 2. The lowest BCUT2D eigenvalue weighted by molar-refractivity contribution is -0.384. The zero-order valence-electron chi connectivity index (χ0n) is 10.6. The van der Waals surface area contributed by atoms with Gasteiger partial charge >= 0.3 is 0 Å². The van der Waals surface area contributed by atoms with Crippen molar-refractivity contribution in [2.75, 3.05) is 18.5 Å². The molecule has 0 aliphatic heterocycles. The first-order chi connectivity index (χ1) is 8.97. The summed E-state index contributed by atoms with van der Waals surface area (Å²) in [5.41, 5.74) is 8.81. The van der Waals surface area contributed by atoms with E-state index in [1.165, 1.54) is 18.2 Å². The highest BCUT2D eigenvalue weighted by Gasteiger charge is 2.14. The van der Waals surface area contributed by atoms with Crippen molar-refractivity contribution in [1.82, 2.24) is 4.90 Å². The van der Waals surface area contributed by atoms with Crippen molar-refractivity contribution in [3.63, 3.8) is 0 Å². The monoisotopic (exact) mass is 267 g/mol. The molecule has 0 saturated heterocycles. The van der Waals surface area contributed by atoms with Gasteiger partial charge in [0.05, 0.1) is 17.2 Å². The smallest absolute Gasteiger partial charge is 0.269 e. The Kier molecular flexibility index (Phi) is 5.22. The Morgan fingerprint density at radius 1 is 1.53 bits per heavy atom. The van der Waals surface area contributed by atoms with Gasteiger partial charge in [0.15, 0.2) is 0 Å². The fourth-order valence-electron chi connectivity index (χ4n) is 1.71. The zero-order chi connectivity index (χ0) is 14.4. The molecular formula is C11H17N5O3. The van der Waals surface area contributed by atoms with Gasteiger partial charge in [-0.05, 0) is 18.2 Å². The van der Waals surface area contributed by atoms with E-state index in [0.717, 1.165) is 0 Å². The van der Waals surface area contributed by atoms with Crippen LogP contribution in [0, 0.1) is 10.1 Å². The highest BCUT2D eigenvalue weighted by atomic mass is 16.6. The SMILES string of the molecule is CCN(CC(N)=O)Cc1cc([N+](=O)[O-])ccc1NN. The molecule has 0 bridgehead atoms. The molecule has 1 amide bonds. The minimum absolute atomic E-state index is 0.0240. The van der Waals surface area contributed by atoms with Gasteiger partial charge in [0.1, 0.15) is 0 Å². The molecule has 0 spiro atoms. The third kappa shape index (κ3) is 4.19. The Morgan fingerprint density at radius 2 is 2.21 bits per heavy atom. The molecule has 8 heteroatoms. The molecule has 0 atom stereocenters. The molecule has 0 aliphatic rings. The number of benzene rings is 1. The van der Waals surface area contributed by atoms with Crippen molar-refractivity contribution in [2.45, 2.75) is 13.5 Å². The van der Waals surface area contributed by atoms with Gasteiger partial charge in [0.2, 0.25) is 5.91 Å². The maximum Gasteiger partial charge on any atom is 0.269 e. The molecular weight excluding hydrogens is 250 g/mol. The van der Waals surface area contributed by atoms with Crippen LogP contribution in [-0.2, 0) is 11.3 Å². The summed E-state index contributed by atoms with van der Waals surface area (Å²) in [5, 5.41) is 10.8. The zero-order valence-corrected chi connectivity index (χ0v) is 10.6. The lowest BCUT2D eigenvalue weighted by Crippen LogP contribution is -2.33. The Morgan fingerprint density at radius 3 is 2.68 bits per heavy atom. The fraction of sp³-hybridized carbons (Fsp3) is 0.364. The predicted octanol–water partition coefficient (Wildman–Crippen LogP) is 0.188. The summed E-state index contributed by atoms with van der Waals surface area (Å²) in [6.07, 6.45) is 0. The van der Waals surface area contributed by atoms with E-state index in [-0.39, 0.29) is 12.2 Å². The molecule has 0 fully saturated rings. The molecule has 1 aromatic carbocycles. The number of primary amides is 1. The van der Waals surface area contributed by atoms with Gasteiger partial charge in [0, 0.05) is 18.7 Å². The minimum Gasteiger partial charge on any atom is -0.369 e. The Balaban J connectivity index is 2.98. The highest BCUT2D eigenvalue weighted by Crippen LogP contribution is 2.22. The van der Waals surface area contributed by atoms with Gasteiger partial charge in [-0.15, -0.1) is 0 Å². The number of hydrogen-bond acceptors (Lipinski definition) is 6. The number of anilines is 1. The lowest BCUT2D eigenvalue weighted by Gasteiger charge is -2.20. The van der Waals surface area contributed by atoms with Crippen molar-refractivity contribution in [1.29, 1.82) is 0 Å². The molecule has 1 rings (SSSR count). The van der Waals surface area contributed by atoms with E-state index < -0.39 is 10.8 Å². The van der Waals surface area contributed by atoms with E-state index in [9.17, 15) is 14.9 Å². The van der Waals surface area contributed by atoms with Crippen LogP contribution in [0.5, 0.6) is 0 Å². The van der Waals surface area contributed by atoms with E-state index >= 15 is 0 Å². The van der Waals surface area contributed by atoms with E-state index in [4.69, 9.17) is 11.6 Å². The largest absolute Gasteiger partial charge is 0.369 e. The highest BCUT2D eigenvalue weighted by molar-refractivity contribution is 5.76. The second-order valence-electron chi connectivity index (χ2n) is 4.01. The number of nitro benzene ring substituents is 1. The molecule has 0 unspecified atom stereocenters. The number of hydrazine groups is 1. The second-order valence-corrected chi connectivity index (χ2v) is 4.01. The van der Waals surface area contributed by atoms with E-state index in [0.29, 0.717) is 24.3 Å². The topological polar surface area (TPSA) is 128 Å². The van der Waals surface area contributed by atoms with Gasteiger partial charge in [-0.25, -0.2) is 0 Å². The molecule has 8 nitrogen and oxygen atoms in total. The average Bonchev–Trinajstić information content (AvgIpc) is 2.37. The number of amides is 1. The summed E-state index contributed by atoms with van der Waals surface area (Å²) in [6, 6.07) is 4.33. The minimum atomic E-state index is -0.478. The summed E-state index contributed by atoms with van der Waals surface area (Å²) in [5.74, 6) is 4.92. The van der Waals surface area contributed by atoms with Crippen LogP contribution < -0.4 is 17.0 Å². The summed E-state index contributed by atoms with van der Waals surface area (Å²) < 4.78 is 0. The van der Waals surface area contributed by atoms with Crippen molar-refractivity contribution in [2.24, 2.45) is 11.6 Å². The number of rotatable bonds is 7. The van der Waals surface area contributed by atoms with Gasteiger partial charge in [-0.2, -0.15) is 0 Å². The predicted molar refractivity (Wildman–Crippen MR) is 71.1 cm³/mol. The number of nitrogens with one attached hydrogen (secondary N) is 1. The van der Waals surface area contributed by atoms with Crippen LogP contribution in [0.1, 0.15) is 12.5 Å². The fourth-order valence-corrected chi connectivity index (χ4v) is 1.71. The standard InChI is InChI=1S/C11H17N5O3/c1-2-15(7-11(12)17)6-8-5-9(16(18)19)3-4-10(8)14-13/h3-5,14H,2,6-7,13H2,1H3,(H2,12,17). The van der Waals surface area contributed by atoms with Gasteiger partial charge in [-0.3, -0.25) is 25.7 Å². The van der Waals surface area contributed by atoms with Crippen molar-refractivity contribution in [3.05, 3.63) is 33.9 Å².